The molecule has 2 heterocycles. The van der Waals surface area contributed by atoms with Crippen LogP contribution in [0.1, 0.15) is 20.3 Å². The topological polar surface area (TPSA) is 16.1 Å². The van der Waals surface area contributed by atoms with E-state index in [0.717, 1.165) is 24.9 Å². The first-order chi connectivity index (χ1) is 7.15. The van der Waals surface area contributed by atoms with Crippen molar-refractivity contribution in [3.05, 3.63) is 23.5 Å². The third-order valence-corrected chi connectivity index (χ3v) is 3.15. The van der Waals surface area contributed by atoms with E-state index in [1.807, 2.05) is 12.1 Å². The van der Waals surface area contributed by atoms with Crippen LogP contribution in [0.5, 0.6) is 0 Å². The van der Waals surface area contributed by atoms with Gasteiger partial charge in [0, 0.05) is 25.0 Å². The molecule has 82 valence electrons. The summed E-state index contributed by atoms with van der Waals surface area (Å²) in [7, 11) is 0. The van der Waals surface area contributed by atoms with Crippen molar-refractivity contribution in [3.8, 4) is 0 Å². The number of hydrogen-bond acceptors (Lipinski definition) is 2. The average Bonchev–Trinajstić information content (AvgIpc) is 2.16. The van der Waals surface area contributed by atoms with E-state index in [1.165, 1.54) is 12.1 Å². The van der Waals surface area contributed by atoms with Gasteiger partial charge in [-0.3, -0.25) is 0 Å². The van der Waals surface area contributed by atoms with Gasteiger partial charge in [-0.05, 0) is 30.4 Å². The lowest BCUT2D eigenvalue weighted by atomic mass is 9.91. The highest BCUT2D eigenvalue weighted by atomic mass is 35.5. The second-order valence-electron chi connectivity index (χ2n) is 4.69. The number of pyridine rings is 1. The molecule has 1 aliphatic heterocycles. The second kappa shape index (κ2) is 4.40. The van der Waals surface area contributed by atoms with E-state index in [1.54, 1.807) is 6.20 Å². The van der Waals surface area contributed by atoms with E-state index in [2.05, 4.69) is 23.7 Å². The predicted octanol–water partition coefficient (Wildman–Crippen LogP) is 3.22. The summed E-state index contributed by atoms with van der Waals surface area (Å²) in [4.78, 5) is 6.42. The lowest BCUT2D eigenvalue weighted by Gasteiger charge is -2.36. The number of hydrogen-bond donors (Lipinski definition) is 0. The van der Waals surface area contributed by atoms with Crippen LogP contribution in [0.3, 0.4) is 0 Å². The smallest absolute Gasteiger partial charge is 0.131 e. The van der Waals surface area contributed by atoms with Crippen molar-refractivity contribution in [3.63, 3.8) is 0 Å². The first-order valence-electron chi connectivity index (χ1n) is 5.51. The molecule has 0 bridgehead atoms. The van der Waals surface area contributed by atoms with Crippen molar-refractivity contribution < 1.29 is 0 Å². The largest absolute Gasteiger partial charge is 0.371 e. The van der Waals surface area contributed by atoms with E-state index >= 15 is 0 Å². The van der Waals surface area contributed by atoms with Crippen molar-refractivity contribution >= 4 is 17.3 Å². The standard InChI is InChI=1S/C12H17ClN2/c1-9-5-10(2)8-15(7-9)11-3-4-14-12(13)6-11/h3-4,6,9-10H,5,7-8H2,1-2H3/t9-,10-/m0/s1. The Labute approximate surface area is 96.3 Å². The number of nitrogens with zero attached hydrogens (tertiary/aromatic N) is 2. The molecule has 0 N–H and O–H groups in total. The Bertz CT molecular complexity index is 330. The molecule has 0 unspecified atom stereocenters. The van der Waals surface area contributed by atoms with Crippen molar-refractivity contribution in [2.75, 3.05) is 18.0 Å². The highest BCUT2D eigenvalue weighted by Gasteiger charge is 2.21. The molecule has 1 aromatic rings. The molecule has 3 heteroatoms. The van der Waals surface area contributed by atoms with Crippen molar-refractivity contribution in [2.45, 2.75) is 20.3 Å². The van der Waals surface area contributed by atoms with Crippen LogP contribution in [-0.4, -0.2) is 18.1 Å². The van der Waals surface area contributed by atoms with Crippen LogP contribution < -0.4 is 4.90 Å². The normalized spacial score (nSPS) is 26.7. The zero-order valence-electron chi connectivity index (χ0n) is 9.28. The number of piperidine rings is 1. The minimum atomic E-state index is 0.582. The summed E-state index contributed by atoms with van der Waals surface area (Å²) >= 11 is 5.90. The van der Waals surface area contributed by atoms with Gasteiger partial charge in [-0.15, -0.1) is 0 Å². The van der Waals surface area contributed by atoms with Gasteiger partial charge in [-0.1, -0.05) is 25.4 Å². The van der Waals surface area contributed by atoms with Crippen LogP contribution in [0.2, 0.25) is 5.15 Å². The molecule has 1 aliphatic rings. The summed E-state index contributed by atoms with van der Waals surface area (Å²) < 4.78 is 0. The van der Waals surface area contributed by atoms with Crippen molar-refractivity contribution in [1.29, 1.82) is 0 Å². The lowest BCUT2D eigenvalue weighted by Crippen LogP contribution is -2.38. The van der Waals surface area contributed by atoms with Gasteiger partial charge in [0.2, 0.25) is 0 Å². The molecular formula is C12H17ClN2. The SMILES string of the molecule is C[C@H]1C[C@H](C)CN(c2ccnc(Cl)c2)C1. The van der Waals surface area contributed by atoms with Crippen LogP contribution in [0.15, 0.2) is 18.3 Å². The van der Waals surface area contributed by atoms with Crippen molar-refractivity contribution in [2.24, 2.45) is 11.8 Å². The minimum Gasteiger partial charge on any atom is -0.371 e. The Kier molecular flexibility index (Phi) is 3.15. The zero-order chi connectivity index (χ0) is 10.8. The fraction of sp³-hybridized carbons (Fsp3) is 0.583. The maximum Gasteiger partial charge on any atom is 0.131 e. The third-order valence-electron chi connectivity index (χ3n) is 2.94. The molecule has 0 radical (unpaired) electrons. The summed E-state index contributed by atoms with van der Waals surface area (Å²) in [6.07, 6.45) is 3.11. The Morgan fingerprint density at radius 1 is 1.33 bits per heavy atom. The van der Waals surface area contributed by atoms with Crippen LogP contribution in [-0.2, 0) is 0 Å². The molecule has 0 amide bonds. The average molecular weight is 225 g/mol. The van der Waals surface area contributed by atoms with Gasteiger partial charge in [0.05, 0.1) is 0 Å². The van der Waals surface area contributed by atoms with Gasteiger partial charge in [0.1, 0.15) is 5.15 Å². The molecule has 0 saturated carbocycles. The summed E-state index contributed by atoms with van der Waals surface area (Å²) in [6.45, 7) is 6.88. The monoisotopic (exact) mass is 224 g/mol. The van der Waals surface area contributed by atoms with E-state index in [0.29, 0.717) is 5.15 Å². The minimum absolute atomic E-state index is 0.582. The Hall–Kier alpha value is -0.760. The van der Waals surface area contributed by atoms with Gasteiger partial charge in [-0.25, -0.2) is 4.98 Å². The molecule has 1 aromatic heterocycles. The molecule has 0 aliphatic carbocycles. The van der Waals surface area contributed by atoms with Crippen LogP contribution in [0.4, 0.5) is 5.69 Å². The molecule has 2 atom stereocenters. The highest BCUT2D eigenvalue weighted by Crippen LogP contribution is 2.26. The second-order valence-corrected chi connectivity index (χ2v) is 5.08. The highest BCUT2D eigenvalue weighted by molar-refractivity contribution is 6.29. The van der Waals surface area contributed by atoms with Gasteiger partial charge in [0.15, 0.2) is 0 Å². The number of aromatic nitrogens is 1. The first kappa shape index (κ1) is 10.7. The summed E-state index contributed by atoms with van der Waals surface area (Å²) in [5, 5.41) is 0.582. The van der Waals surface area contributed by atoms with Gasteiger partial charge >= 0.3 is 0 Å². The fourth-order valence-electron chi connectivity index (χ4n) is 2.46. The maximum atomic E-state index is 5.90. The third kappa shape index (κ3) is 2.63. The van der Waals surface area contributed by atoms with Gasteiger partial charge in [-0.2, -0.15) is 0 Å². The molecule has 1 saturated heterocycles. The van der Waals surface area contributed by atoms with E-state index < -0.39 is 0 Å². The zero-order valence-corrected chi connectivity index (χ0v) is 10.0. The number of anilines is 1. The molecule has 0 aromatic carbocycles. The van der Waals surface area contributed by atoms with Crippen molar-refractivity contribution in [1.82, 2.24) is 4.98 Å². The molecule has 15 heavy (non-hydrogen) atoms. The molecule has 1 fully saturated rings. The quantitative estimate of drug-likeness (QED) is 0.681. The van der Waals surface area contributed by atoms with E-state index in [-0.39, 0.29) is 0 Å². The molecule has 2 rings (SSSR count). The summed E-state index contributed by atoms with van der Waals surface area (Å²) in [5.74, 6) is 1.53. The molecule has 0 spiro atoms. The first-order valence-corrected chi connectivity index (χ1v) is 5.89. The fourth-order valence-corrected chi connectivity index (χ4v) is 2.63. The maximum absolute atomic E-state index is 5.90. The summed E-state index contributed by atoms with van der Waals surface area (Å²) in [5.41, 5.74) is 1.20. The Morgan fingerprint density at radius 3 is 2.60 bits per heavy atom. The van der Waals surface area contributed by atoms with E-state index in [9.17, 15) is 0 Å². The lowest BCUT2D eigenvalue weighted by molar-refractivity contribution is 0.357. The predicted molar refractivity (Wildman–Crippen MR) is 64.4 cm³/mol. The Morgan fingerprint density at radius 2 is 2.00 bits per heavy atom. The Balaban J connectivity index is 2.16. The van der Waals surface area contributed by atoms with Crippen LogP contribution >= 0.6 is 11.6 Å². The number of rotatable bonds is 1. The van der Waals surface area contributed by atoms with E-state index in [4.69, 9.17) is 11.6 Å². The summed E-state index contributed by atoms with van der Waals surface area (Å²) in [6, 6.07) is 3.99. The van der Waals surface area contributed by atoms with Gasteiger partial charge in [0.25, 0.3) is 0 Å². The van der Waals surface area contributed by atoms with Gasteiger partial charge < -0.3 is 4.90 Å². The molecule has 2 nitrogen and oxygen atoms in total. The van der Waals surface area contributed by atoms with Crippen LogP contribution in [0.25, 0.3) is 0 Å². The number of halogens is 1. The molecular weight excluding hydrogens is 208 g/mol. The van der Waals surface area contributed by atoms with Crippen LogP contribution in [0, 0.1) is 11.8 Å².